The third-order valence-electron chi connectivity index (χ3n) is 3.67. The Morgan fingerprint density at radius 1 is 1.29 bits per heavy atom. The molecule has 2 rings (SSSR count). The van der Waals surface area contributed by atoms with E-state index in [1.54, 1.807) is 13.4 Å². The monoisotopic (exact) mass is 330 g/mol. The number of aliphatic imine (C=N–C) groups is 1. The van der Waals surface area contributed by atoms with E-state index in [0.717, 1.165) is 30.6 Å². The smallest absolute Gasteiger partial charge is 0.194 e. The number of ether oxygens (including phenoxy) is 1. The van der Waals surface area contributed by atoms with Crippen LogP contribution in [0.4, 0.5) is 0 Å². The molecule has 0 aliphatic rings. The van der Waals surface area contributed by atoms with Gasteiger partial charge in [0.2, 0.25) is 0 Å². The van der Waals surface area contributed by atoms with Crippen molar-refractivity contribution in [3.8, 4) is 5.75 Å². The van der Waals surface area contributed by atoms with Gasteiger partial charge in [-0.25, -0.2) is 0 Å². The van der Waals surface area contributed by atoms with Gasteiger partial charge in [-0.1, -0.05) is 12.1 Å². The highest BCUT2D eigenvalue weighted by Crippen LogP contribution is 2.13. The first kappa shape index (κ1) is 17.8. The van der Waals surface area contributed by atoms with Crippen LogP contribution in [0.1, 0.15) is 25.2 Å². The first-order valence-corrected chi connectivity index (χ1v) is 8.18. The Morgan fingerprint density at radius 2 is 2.04 bits per heavy atom. The van der Waals surface area contributed by atoms with Gasteiger partial charge in [0, 0.05) is 27.2 Å². The van der Waals surface area contributed by atoms with E-state index in [1.807, 2.05) is 30.7 Å². The Bertz CT molecular complexity index is 649. The second-order valence-electron chi connectivity index (χ2n) is 5.37. The van der Waals surface area contributed by atoms with E-state index in [2.05, 4.69) is 44.5 Å². The Labute approximate surface area is 143 Å². The predicted molar refractivity (Wildman–Crippen MR) is 95.0 cm³/mol. The zero-order valence-electron chi connectivity index (χ0n) is 14.9. The second kappa shape index (κ2) is 8.90. The molecule has 2 aromatic rings. The zero-order valence-corrected chi connectivity index (χ0v) is 14.9. The molecular formula is C17H26N6O. The second-order valence-corrected chi connectivity index (χ2v) is 5.37. The van der Waals surface area contributed by atoms with Crippen LogP contribution in [0, 0.1) is 0 Å². The zero-order chi connectivity index (χ0) is 17.4. The molecule has 7 nitrogen and oxygen atoms in total. The van der Waals surface area contributed by atoms with Crippen LogP contribution in [0.2, 0.25) is 0 Å². The van der Waals surface area contributed by atoms with E-state index in [0.29, 0.717) is 13.2 Å². The van der Waals surface area contributed by atoms with Gasteiger partial charge in [0.05, 0.1) is 13.2 Å². The summed E-state index contributed by atoms with van der Waals surface area (Å²) in [6.07, 6.45) is 1.74. The maximum absolute atomic E-state index is 5.47. The SMILES string of the molecule is CCOc1ccc(CN(C)C(=NC)NCc2nncn2CC)cc1. The first-order valence-electron chi connectivity index (χ1n) is 8.18. The van der Waals surface area contributed by atoms with Crippen LogP contribution in [-0.4, -0.2) is 46.3 Å². The fourth-order valence-electron chi connectivity index (χ4n) is 2.43. The van der Waals surface area contributed by atoms with Crippen molar-refractivity contribution < 1.29 is 4.74 Å². The third-order valence-corrected chi connectivity index (χ3v) is 3.67. The highest BCUT2D eigenvalue weighted by atomic mass is 16.5. The molecule has 1 aromatic carbocycles. The summed E-state index contributed by atoms with van der Waals surface area (Å²) in [6, 6.07) is 8.13. The van der Waals surface area contributed by atoms with Crippen LogP contribution in [-0.2, 0) is 19.6 Å². The third kappa shape index (κ3) is 4.71. The minimum Gasteiger partial charge on any atom is -0.494 e. The summed E-state index contributed by atoms with van der Waals surface area (Å²) in [4.78, 5) is 6.41. The van der Waals surface area contributed by atoms with Crippen molar-refractivity contribution in [2.75, 3.05) is 20.7 Å². The molecule has 0 saturated heterocycles. The van der Waals surface area contributed by atoms with Crippen molar-refractivity contribution in [1.82, 2.24) is 25.0 Å². The van der Waals surface area contributed by atoms with E-state index in [4.69, 9.17) is 4.74 Å². The van der Waals surface area contributed by atoms with Crippen LogP contribution in [0.15, 0.2) is 35.6 Å². The lowest BCUT2D eigenvalue weighted by atomic mass is 10.2. The van der Waals surface area contributed by atoms with E-state index in [9.17, 15) is 0 Å². The van der Waals surface area contributed by atoms with Crippen LogP contribution in [0.25, 0.3) is 0 Å². The van der Waals surface area contributed by atoms with Gasteiger partial charge in [0.15, 0.2) is 11.8 Å². The minimum absolute atomic E-state index is 0.591. The maximum atomic E-state index is 5.47. The summed E-state index contributed by atoms with van der Waals surface area (Å²) in [6.45, 7) is 6.93. The van der Waals surface area contributed by atoms with E-state index >= 15 is 0 Å². The molecule has 24 heavy (non-hydrogen) atoms. The van der Waals surface area contributed by atoms with Crippen molar-refractivity contribution in [3.63, 3.8) is 0 Å². The fourth-order valence-corrected chi connectivity index (χ4v) is 2.43. The largest absolute Gasteiger partial charge is 0.494 e. The average molecular weight is 330 g/mol. The van der Waals surface area contributed by atoms with Gasteiger partial charge in [-0.15, -0.1) is 10.2 Å². The van der Waals surface area contributed by atoms with Gasteiger partial charge in [-0.3, -0.25) is 4.99 Å². The molecule has 0 saturated carbocycles. The van der Waals surface area contributed by atoms with Gasteiger partial charge < -0.3 is 19.5 Å². The summed E-state index contributed by atoms with van der Waals surface area (Å²) in [5.74, 6) is 2.60. The van der Waals surface area contributed by atoms with Crippen LogP contribution in [0.5, 0.6) is 5.75 Å². The van der Waals surface area contributed by atoms with Gasteiger partial charge in [-0.2, -0.15) is 0 Å². The van der Waals surface area contributed by atoms with Crippen LogP contribution in [0.3, 0.4) is 0 Å². The Kier molecular flexibility index (Phi) is 6.60. The lowest BCUT2D eigenvalue weighted by Crippen LogP contribution is -2.38. The topological polar surface area (TPSA) is 67.6 Å². The lowest BCUT2D eigenvalue weighted by Gasteiger charge is -2.22. The molecule has 0 amide bonds. The quantitative estimate of drug-likeness (QED) is 0.620. The van der Waals surface area contributed by atoms with Crippen molar-refractivity contribution in [1.29, 1.82) is 0 Å². The number of benzene rings is 1. The Hall–Kier alpha value is -2.57. The van der Waals surface area contributed by atoms with Crippen molar-refractivity contribution in [2.24, 2.45) is 4.99 Å². The Morgan fingerprint density at radius 3 is 2.67 bits per heavy atom. The number of nitrogens with one attached hydrogen (secondary N) is 1. The fraction of sp³-hybridized carbons (Fsp3) is 0.471. The maximum Gasteiger partial charge on any atom is 0.194 e. The molecule has 1 N–H and O–H groups in total. The number of aryl methyl sites for hydroxylation is 1. The molecule has 7 heteroatoms. The highest BCUT2D eigenvalue weighted by molar-refractivity contribution is 5.79. The number of aromatic nitrogens is 3. The number of hydrogen-bond donors (Lipinski definition) is 1. The van der Waals surface area contributed by atoms with E-state index < -0.39 is 0 Å². The molecule has 0 unspecified atom stereocenters. The normalized spacial score (nSPS) is 11.4. The molecule has 1 heterocycles. The lowest BCUT2D eigenvalue weighted by molar-refractivity contribution is 0.340. The van der Waals surface area contributed by atoms with Crippen LogP contribution >= 0.6 is 0 Å². The summed E-state index contributed by atoms with van der Waals surface area (Å²) < 4.78 is 7.48. The number of hydrogen-bond acceptors (Lipinski definition) is 4. The standard InChI is InChI=1S/C17H26N6O/c1-5-23-13-20-21-16(23)11-19-17(18-3)22(4)12-14-7-9-15(10-8-14)24-6-2/h7-10,13H,5-6,11-12H2,1-4H3,(H,18,19). The molecule has 0 bridgehead atoms. The molecule has 1 aromatic heterocycles. The molecule has 0 atom stereocenters. The molecular weight excluding hydrogens is 304 g/mol. The summed E-state index contributed by atoms with van der Waals surface area (Å²) in [7, 11) is 3.79. The summed E-state index contributed by atoms with van der Waals surface area (Å²) >= 11 is 0. The number of guanidine groups is 1. The molecule has 0 radical (unpaired) electrons. The van der Waals surface area contributed by atoms with E-state index in [-0.39, 0.29) is 0 Å². The van der Waals surface area contributed by atoms with E-state index in [1.165, 1.54) is 5.56 Å². The molecule has 0 fully saturated rings. The van der Waals surface area contributed by atoms with Gasteiger partial charge in [0.1, 0.15) is 12.1 Å². The average Bonchev–Trinajstić information content (AvgIpc) is 3.05. The highest BCUT2D eigenvalue weighted by Gasteiger charge is 2.09. The summed E-state index contributed by atoms with van der Waals surface area (Å²) in [5, 5.41) is 11.4. The van der Waals surface area contributed by atoms with Crippen LogP contribution < -0.4 is 10.1 Å². The van der Waals surface area contributed by atoms with Gasteiger partial charge in [-0.05, 0) is 31.5 Å². The van der Waals surface area contributed by atoms with Crippen molar-refractivity contribution in [2.45, 2.75) is 33.5 Å². The minimum atomic E-state index is 0.591. The number of nitrogens with zero attached hydrogens (tertiary/aromatic N) is 5. The number of rotatable bonds is 7. The first-order chi connectivity index (χ1) is 11.7. The Balaban J connectivity index is 1.92. The van der Waals surface area contributed by atoms with Crippen molar-refractivity contribution in [3.05, 3.63) is 42.0 Å². The molecule has 0 aliphatic carbocycles. The molecule has 0 aliphatic heterocycles. The van der Waals surface area contributed by atoms with Gasteiger partial charge in [0.25, 0.3) is 0 Å². The molecule has 130 valence electrons. The summed E-state index contributed by atoms with van der Waals surface area (Å²) in [5.41, 5.74) is 1.20. The predicted octanol–water partition coefficient (Wildman–Crippen LogP) is 1.90. The van der Waals surface area contributed by atoms with Crippen molar-refractivity contribution >= 4 is 5.96 Å². The van der Waals surface area contributed by atoms with Gasteiger partial charge >= 0.3 is 0 Å². The molecule has 0 spiro atoms.